The van der Waals surface area contributed by atoms with Crippen LogP contribution >= 0.6 is 23.2 Å². The normalized spacial score (nSPS) is 20.9. The van der Waals surface area contributed by atoms with Crippen LogP contribution in [-0.2, 0) is 9.53 Å². The zero-order chi connectivity index (χ0) is 20.1. The molecule has 0 aliphatic carbocycles. The highest BCUT2D eigenvalue weighted by Gasteiger charge is 2.35. The van der Waals surface area contributed by atoms with Gasteiger partial charge in [-0.2, -0.15) is 0 Å². The number of nitrogens with zero attached hydrogens (tertiary/aromatic N) is 1. The van der Waals surface area contributed by atoms with Gasteiger partial charge in [0.15, 0.2) is 0 Å². The molecular weight excluding hydrogens is 395 g/mol. The van der Waals surface area contributed by atoms with Crippen LogP contribution in [0.4, 0.5) is 4.79 Å². The first kappa shape index (κ1) is 21.6. The van der Waals surface area contributed by atoms with Crippen LogP contribution in [0.5, 0.6) is 5.75 Å². The van der Waals surface area contributed by atoms with Gasteiger partial charge in [0.1, 0.15) is 11.8 Å². The standard InChI is InChI=1S/C18H24Cl2N2O5/c1-10(17(23)27-3)21-9-12-8-11(6-7-22(12)18(24)25)15-14(26-2)5-4-13(19)16(15)20/h4-5,10-12,21H,6-9H2,1-3H3,(H,24,25)/t10-,11+,12-/m0/s1. The molecule has 9 heteroatoms. The fraction of sp³-hybridized carbons (Fsp3) is 0.556. The summed E-state index contributed by atoms with van der Waals surface area (Å²) in [4.78, 5) is 24.6. The molecule has 150 valence electrons. The number of carboxylic acid groups (broad SMARTS) is 1. The first-order chi connectivity index (χ1) is 12.8. The van der Waals surface area contributed by atoms with Crippen molar-refractivity contribution in [3.8, 4) is 5.75 Å². The monoisotopic (exact) mass is 418 g/mol. The van der Waals surface area contributed by atoms with Crippen LogP contribution in [0, 0.1) is 0 Å². The topological polar surface area (TPSA) is 88.1 Å². The van der Waals surface area contributed by atoms with Gasteiger partial charge in [-0.1, -0.05) is 23.2 Å². The Morgan fingerprint density at radius 3 is 2.67 bits per heavy atom. The number of ether oxygens (including phenoxy) is 2. The molecule has 2 rings (SSSR count). The Morgan fingerprint density at radius 2 is 2.07 bits per heavy atom. The van der Waals surface area contributed by atoms with Gasteiger partial charge in [0, 0.05) is 24.7 Å². The van der Waals surface area contributed by atoms with Gasteiger partial charge in [0.05, 0.1) is 24.3 Å². The lowest BCUT2D eigenvalue weighted by atomic mass is 9.84. The second-order valence-electron chi connectivity index (χ2n) is 6.48. The van der Waals surface area contributed by atoms with Crippen LogP contribution < -0.4 is 10.1 Å². The second kappa shape index (κ2) is 9.48. The van der Waals surface area contributed by atoms with E-state index in [-0.39, 0.29) is 12.0 Å². The molecule has 2 N–H and O–H groups in total. The van der Waals surface area contributed by atoms with Gasteiger partial charge < -0.3 is 24.8 Å². The van der Waals surface area contributed by atoms with E-state index in [9.17, 15) is 14.7 Å². The van der Waals surface area contributed by atoms with Crippen LogP contribution in [0.2, 0.25) is 10.0 Å². The fourth-order valence-corrected chi connectivity index (χ4v) is 3.91. The Labute approximate surface area is 168 Å². The van der Waals surface area contributed by atoms with Gasteiger partial charge in [-0.25, -0.2) is 4.79 Å². The first-order valence-electron chi connectivity index (χ1n) is 8.62. The van der Waals surface area contributed by atoms with Gasteiger partial charge in [-0.3, -0.25) is 4.79 Å². The maximum Gasteiger partial charge on any atom is 0.407 e. The van der Waals surface area contributed by atoms with Crippen molar-refractivity contribution in [1.29, 1.82) is 0 Å². The number of likely N-dealkylation sites (tertiary alicyclic amines) is 1. The Balaban J connectivity index is 2.22. The Kier molecular flexibility index (Phi) is 7.59. The van der Waals surface area contributed by atoms with Gasteiger partial charge in [0.25, 0.3) is 0 Å². The minimum Gasteiger partial charge on any atom is -0.496 e. The quantitative estimate of drug-likeness (QED) is 0.688. The van der Waals surface area contributed by atoms with E-state index in [1.165, 1.54) is 12.0 Å². The zero-order valence-corrected chi connectivity index (χ0v) is 17.0. The van der Waals surface area contributed by atoms with Crippen molar-refractivity contribution >= 4 is 35.3 Å². The third-order valence-corrected chi connectivity index (χ3v) is 5.72. The molecule has 0 aromatic heterocycles. The third kappa shape index (κ3) is 4.97. The number of hydrogen-bond acceptors (Lipinski definition) is 5. The number of nitrogens with one attached hydrogen (secondary N) is 1. The minimum atomic E-state index is -0.991. The first-order valence-corrected chi connectivity index (χ1v) is 9.38. The molecule has 7 nitrogen and oxygen atoms in total. The van der Waals surface area contributed by atoms with Crippen molar-refractivity contribution in [3.63, 3.8) is 0 Å². The van der Waals surface area contributed by atoms with Crippen molar-refractivity contribution in [1.82, 2.24) is 10.2 Å². The van der Waals surface area contributed by atoms with Gasteiger partial charge in [-0.15, -0.1) is 0 Å². The van der Waals surface area contributed by atoms with Crippen molar-refractivity contribution in [2.75, 3.05) is 27.3 Å². The van der Waals surface area contributed by atoms with Crippen LogP contribution in [0.1, 0.15) is 31.2 Å². The van der Waals surface area contributed by atoms with Crippen LogP contribution in [0.3, 0.4) is 0 Å². The number of carbonyl (C=O) groups excluding carboxylic acids is 1. The van der Waals surface area contributed by atoms with E-state index in [4.69, 9.17) is 32.7 Å². The highest BCUT2D eigenvalue weighted by atomic mass is 35.5. The van der Waals surface area contributed by atoms with E-state index in [0.29, 0.717) is 41.7 Å². The number of esters is 1. The van der Waals surface area contributed by atoms with Crippen molar-refractivity contribution in [3.05, 3.63) is 27.7 Å². The Morgan fingerprint density at radius 1 is 1.37 bits per heavy atom. The van der Waals surface area contributed by atoms with Crippen molar-refractivity contribution < 1.29 is 24.2 Å². The fourth-order valence-electron chi connectivity index (χ4n) is 3.44. The average Bonchev–Trinajstić information content (AvgIpc) is 2.66. The van der Waals surface area contributed by atoms with E-state index in [0.717, 1.165) is 5.56 Å². The average molecular weight is 419 g/mol. The maximum absolute atomic E-state index is 11.6. The summed E-state index contributed by atoms with van der Waals surface area (Å²) in [5.41, 5.74) is 0.794. The van der Waals surface area contributed by atoms with Crippen LogP contribution in [0.15, 0.2) is 12.1 Å². The summed E-state index contributed by atoms with van der Waals surface area (Å²) in [5, 5.41) is 13.4. The van der Waals surface area contributed by atoms with Crippen molar-refractivity contribution in [2.24, 2.45) is 0 Å². The Hall–Kier alpha value is -1.70. The number of amides is 1. The van der Waals surface area contributed by atoms with E-state index >= 15 is 0 Å². The smallest absolute Gasteiger partial charge is 0.407 e. The molecule has 1 aliphatic heterocycles. The van der Waals surface area contributed by atoms with Crippen LogP contribution in [0.25, 0.3) is 0 Å². The van der Waals surface area contributed by atoms with Crippen LogP contribution in [-0.4, -0.2) is 61.5 Å². The largest absolute Gasteiger partial charge is 0.496 e. The van der Waals surface area contributed by atoms with E-state index in [2.05, 4.69) is 5.32 Å². The number of rotatable bonds is 6. The SMILES string of the molecule is COC(=O)[C@H](C)NC[C@@H]1C[C@H](c2c(OC)ccc(Cl)c2Cl)CCN1C(=O)O. The number of hydrogen-bond donors (Lipinski definition) is 2. The molecule has 1 heterocycles. The van der Waals surface area contributed by atoms with Crippen molar-refractivity contribution in [2.45, 2.75) is 37.8 Å². The summed E-state index contributed by atoms with van der Waals surface area (Å²) in [7, 11) is 2.88. The molecule has 0 unspecified atom stereocenters. The molecule has 1 amide bonds. The summed E-state index contributed by atoms with van der Waals surface area (Å²) in [6.45, 7) is 2.35. The third-order valence-electron chi connectivity index (χ3n) is 4.90. The molecule has 27 heavy (non-hydrogen) atoms. The number of benzene rings is 1. The highest BCUT2D eigenvalue weighted by Crippen LogP contribution is 2.43. The second-order valence-corrected chi connectivity index (χ2v) is 7.27. The summed E-state index contributed by atoms with van der Waals surface area (Å²) in [5.74, 6) is 0.221. The number of carbonyl (C=O) groups is 2. The lowest BCUT2D eigenvalue weighted by molar-refractivity contribution is -0.142. The lowest BCUT2D eigenvalue weighted by Gasteiger charge is -2.39. The molecule has 0 bridgehead atoms. The molecule has 1 aliphatic rings. The number of methoxy groups -OCH3 is 2. The van der Waals surface area contributed by atoms with Gasteiger partial charge >= 0.3 is 12.1 Å². The van der Waals surface area contributed by atoms with E-state index in [1.807, 2.05) is 0 Å². The molecule has 3 atom stereocenters. The zero-order valence-electron chi connectivity index (χ0n) is 15.5. The number of halogens is 2. The summed E-state index contributed by atoms with van der Waals surface area (Å²) in [6, 6.07) is 2.58. The molecule has 1 aromatic rings. The van der Waals surface area contributed by atoms with E-state index in [1.54, 1.807) is 26.2 Å². The highest BCUT2D eigenvalue weighted by molar-refractivity contribution is 6.42. The molecule has 1 fully saturated rings. The van der Waals surface area contributed by atoms with E-state index < -0.39 is 18.1 Å². The lowest BCUT2D eigenvalue weighted by Crippen LogP contribution is -2.51. The predicted molar refractivity (Wildman–Crippen MR) is 103 cm³/mol. The molecule has 1 aromatic carbocycles. The summed E-state index contributed by atoms with van der Waals surface area (Å²) >= 11 is 12.6. The predicted octanol–water partition coefficient (Wildman–Crippen LogP) is 3.38. The Bertz CT molecular complexity index is 701. The summed E-state index contributed by atoms with van der Waals surface area (Å²) in [6.07, 6.45) is 0.144. The molecule has 0 radical (unpaired) electrons. The minimum absolute atomic E-state index is 0.0121. The molecule has 0 spiro atoms. The maximum atomic E-state index is 11.6. The van der Waals surface area contributed by atoms with Gasteiger partial charge in [0.2, 0.25) is 0 Å². The number of piperidine rings is 1. The van der Waals surface area contributed by atoms with Gasteiger partial charge in [-0.05, 0) is 37.8 Å². The molecule has 0 saturated carbocycles. The molecule has 1 saturated heterocycles. The molecular formula is C18H24Cl2N2O5. The summed E-state index contributed by atoms with van der Waals surface area (Å²) < 4.78 is 10.1.